The second-order valence-corrected chi connectivity index (χ2v) is 6.78. The monoisotopic (exact) mass is 314 g/mol. The molecule has 1 heterocycles. The quantitative estimate of drug-likeness (QED) is 0.889. The van der Waals surface area contributed by atoms with Crippen molar-refractivity contribution in [1.29, 1.82) is 0 Å². The fourth-order valence-corrected chi connectivity index (χ4v) is 3.35. The first-order chi connectivity index (χ1) is 9.49. The number of benzene rings is 1. The highest BCUT2D eigenvalue weighted by atomic mass is 35.5. The molecule has 1 fully saturated rings. The van der Waals surface area contributed by atoms with Gasteiger partial charge in [0.2, 0.25) is 0 Å². The summed E-state index contributed by atoms with van der Waals surface area (Å²) in [6.07, 6.45) is 2.26. The summed E-state index contributed by atoms with van der Waals surface area (Å²) in [7, 11) is 0. The lowest BCUT2D eigenvalue weighted by Crippen LogP contribution is -2.62. The smallest absolute Gasteiger partial charge is 0.0465 e. The summed E-state index contributed by atoms with van der Waals surface area (Å²) < 4.78 is 0. The summed E-state index contributed by atoms with van der Waals surface area (Å²) in [5.41, 5.74) is 1.23. The third-order valence-corrected chi connectivity index (χ3v) is 5.22. The van der Waals surface area contributed by atoms with E-state index >= 15 is 0 Å². The van der Waals surface area contributed by atoms with Crippen molar-refractivity contribution in [2.24, 2.45) is 0 Å². The molecule has 2 unspecified atom stereocenters. The molecule has 0 amide bonds. The van der Waals surface area contributed by atoms with Crippen LogP contribution in [0.4, 0.5) is 0 Å². The third kappa shape index (κ3) is 3.48. The number of piperazine rings is 1. The number of nitrogens with zero attached hydrogens (tertiary/aromatic N) is 1. The summed E-state index contributed by atoms with van der Waals surface area (Å²) >= 11 is 12.6. The molecular formula is C16H24Cl2N2. The fourth-order valence-electron chi connectivity index (χ4n) is 2.84. The van der Waals surface area contributed by atoms with E-state index in [2.05, 4.69) is 31.0 Å². The van der Waals surface area contributed by atoms with Crippen LogP contribution < -0.4 is 5.32 Å². The zero-order chi connectivity index (χ0) is 14.8. The van der Waals surface area contributed by atoms with Crippen molar-refractivity contribution >= 4 is 23.2 Å². The number of hydrogen-bond donors (Lipinski definition) is 1. The molecule has 0 bridgehead atoms. The van der Waals surface area contributed by atoms with E-state index in [1.54, 1.807) is 0 Å². The lowest BCUT2D eigenvalue weighted by Gasteiger charge is -2.46. The van der Waals surface area contributed by atoms with E-state index in [4.69, 9.17) is 23.2 Å². The minimum absolute atomic E-state index is 0.180. The minimum Gasteiger partial charge on any atom is -0.309 e. The number of halogens is 2. The van der Waals surface area contributed by atoms with E-state index < -0.39 is 0 Å². The third-order valence-electron chi connectivity index (χ3n) is 4.51. The largest absolute Gasteiger partial charge is 0.309 e. The average molecular weight is 315 g/mol. The van der Waals surface area contributed by atoms with Gasteiger partial charge in [-0.25, -0.2) is 0 Å². The van der Waals surface area contributed by atoms with Crippen LogP contribution in [0.2, 0.25) is 10.0 Å². The van der Waals surface area contributed by atoms with Crippen molar-refractivity contribution in [2.45, 2.75) is 51.7 Å². The molecule has 2 atom stereocenters. The van der Waals surface area contributed by atoms with Crippen molar-refractivity contribution < 1.29 is 0 Å². The van der Waals surface area contributed by atoms with Crippen molar-refractivity contribution in [3.05, 3.63) is 33.8 Å². The van der Waals surface area contributed by atoms with E-state index in [-0.39, 0.29) is 5.54 Å². The Balaban J connectivity index is 2.20. The second kappa shape index (κ2) is 6.65. The molecule has 1 saturated heterocycles. The van der Waals surface area contributed by atoms with Gasteiger partial charge >= 0.3 is 0 Å². The zero-order valence-corrected chi connectivity index (χ0v) is 14.1. The molecule has 0 saturated carbocycles. The van der Waals surface area contributed by atoms with Crippen molar-refractivity contribution in [3.63, 3.8) is 0 Å². The average Bonchev–Trinajstić information content (AvgIpc) is 2.43. The van der Waals surface area contributed by atoms with E-state index in [9.17, 15) is 0 Å². The van der Waals surface area contributed by atoms with Crippen LogP contribution in [0.1, 0.15) is 39.2 Å². The van der Waals surface area contributed by atoms with E-state index in [0.29, 0.717) is 6.04 Å². The molecule has 4 heteroatoms. The molecule has 0 spiro atoms. The van der Waals surface area contributed by atoms with Gasteiger partial charge in [0.25, 0.3) is 0 Å². The lowest BCUT2D eigenvalue weighted by atomic mass is 9.92. The van der Waals surface area contributed by atoms with Gasteiger partial charge < -0.3 is 5.32 Å². The summed E-state index contributed by atoms with van der Waals surface area (Å²) in [5.74, 6) is 0. The molecule has 1 aromatic rings. The van der Waals surface area contributed by atoms with Crippen LogP contribution in [0.15, 0.2) is 18.2 Å². The maximum atomic E-state index is 6.32. The molecule has 1 aliphatic heterocycles. The van der Waals surface area contributed by atoms with Crippen LogP contribution in [0, 0.1) is 0 Å². The van der Waals surface area contributed by atoms with Crippen LogP contribution in [0.5, 0.6) is 0 Å². The van der Waals surface area contributed by atoms with Gasteiger partial charge in [-0.15, -0.1) is 0 Å². The van der Waals surface area contributed by atoms with Gasteiger partial charge in [-0.3, -0.25) is 4.90 Å². The van der Waals surface area contributed by atoms with Crippen molar-refractivity contribution in [2.75, 3.05) is 13.1 Å². The molecule has 2 rings (SSSR count). The predicted molar refractivity (Wildman–Crippen MR) is 87.6 cm³/mol. The topological polar surface area (TPSA) is 15.3 Å². The minimum atomic E-state index is 0.180. The highest BCUT2D eigenvalue weighted by Crippen LogP contribution is 2.29. The predicted octanol–water partition coefficient (Wildman–Crippen LogP) is 4.35. The van der Waals surface area contributed by atoms with Crippen LogP contribution >= 0.6 is 23.2 Å². The molecule has 1 N–H and O–H groups in total. The number of rotatable bonds is 4. The molecule has 112 valence electrons. The summed E-state index contributed by atoms with van der Waals surface area (Å²) in [6, 6.07) is 6.29. The fraction of sp³-hybridized carbons (Fsp3) is 0.625. The molecule has 0 aliphatic carbocycles. The van der Waals surface area contributed by atoms with Crippen LogP contribution in [-0.2, 0) is 6.54 Å². The Labute approximate surface area is 132 Å². The lowest BCUT2D eigenvalue weighted by molar-refractivity contribution is 0.0755. The number of nitrogens with one attached hydrogen (secondary N) is 1. The first kappa shape index (κ1) is 16.1. The van der Waals surface area contributed by atoms with Gasteiger partial charge in [-0.1, -0.05) is 43.1 Å². The Bertz CT molecular complexity index is 444. The van der Waals surface area contributed by atoms with E-state index in [0.717, 1.165) is 48.1 Å². The maximum Gasteiger partial charge on any atom is 0.0465 e. The van der Waals surface area contributed by atoms with Crippen LogP contribution in [0.25, 0.3) is 0 Å². The first-order valence-corrected chi connectivity index (χ1v) is 8.16. The standard InChI is InChI=1S/C16H24Cl2N2/c1-4-12-9-19-16(3,5-2)11-20(12)10-13-14(17)7-6-8-15(13)18/h6-8,12,19H,4-5,9-11H2,1-3H3. The number of hydrogen-bond acceptors (Lipinski definition) is 2. The Morgan fingerprint density at radius 1 is 1.30 bits per heavy atom. The maximum absolute atomic E-state index is 6.32. The van der Waals surface area contributed by atoms with Gasteiger partial charge in [-0.2, -0.15) is 0 Å². The van der Waals surface area contributed by atoms with Crippen molar-refractivity contribution in [3.8, 4) is 0 Å². The van der Waals surface area contributed by atoms with Gasteiger partial charge in [0.15, 0.2) is 0 Å². The second-order valence-electron chi connectivity index (χ2n) is 5.96. The molecule has 1 aromatic carbocycles. The Morgan fingerprint density at radius 2 is 1.95 bits per heavy atom. The van der Waals surface area contributed by atoms with E-state index in [1.807, 2.05) is 18.2 Å². The summed E-state index contributed by atoms with van der Waals surface area (Å²) in [4.78, 5) is 2.52. The molecule has 0 radical (unpaired) electrons. The normalized spacial score (nSPS) is 27.8. The summed E-state index contributed by atoms with van der Waals surface area (Å²) in [5, 5.41) is 5.22. The van der Waals surface area contributed by atoms with E-state index in [1.165, 1.54) is 0 Å². The van der Waals surface area contributed by atoms with Gasteiger partial charge in [-0.05, 0) is 31.9 Å². The molecule has 0 aromatic heterocycles. The highest BCUT2D eigenvalue weighted by molar-refractivity contribution is 6.35. The van der Waals surface area contributed by atoms with Crippen LogP contribution in [-0.4, -0.2) is 29.6 Å². The zero-order valence-electron chi connectivity index (χ0n) is 12.5. The first-order valence-electron chi connectivity index (χ1n) is 7.41. The van der Waals surface area contributed by atoms with Gasteiger partial charge in [0, 0.05) is 46.8 Å². The Morgan fingerprint density at radius 3 is 2.50 bits per heavy atom. The van der Waals surface area contributed by atoms with Crippen molar-refractivity contribution in [1.82, 2.24) is 10.2 Å². The Hall–Kier alpha value is -0.280. The Kier molecular flexibility index (Phi) is 5.36. The molecule has 2 nitrogen and oxygen atoms in total. The molecule has 20 heavy (non-hydrogen) atoms. The van der Waals surface area contributed by atoms with Gasteiger partial charge in [0.05, 0.1) is 0 Å². The SMILES string of the molecule is CCC1CNC(C)(CC)CN1Cc1c(Cl)cccc1Cl. The van der Waals surface area contributed by atoms with Crippen LogP contribution in [0.3, 0.4) is 0 Å². The molecule has 1 aliphatic rings. The highest BCUT2D eigenvalue weighted by Gasteiger charge is 2.34. The van der Waals surface area contributed by atoms with Gasteiger partial charge in [0.1, 0.15) is 0 Å². The molecular weight excluding hydrogens is 291 g/mol. The summed E-state index contributed by atoms with van der Waals surface area (Å²) in [6.45, 7) is 9.66.